The largest absolute Gasteiger partial charge is 0.457 e. The molecule has 1 aliphatic rings. The number of halogens is 1. The van der Waals surface area contributed by atoms with Crippen molar-refractivity contribution >= 4 is 15.9 Å². The minimum absolute atomic E-state index is 0.0531. The number of para-hydroxylation sites is 2. The van der Waals surface area contributed by atoms with E-state index in [9.17, 15) is 0 Å². The molecule has 0 saturated heterocycles. The van der Waals surface area contributed by atoms with Crippen molar-refractivity contribution in [2.24, 2.45) is 0 Å². The second-order valence-corrected chi connectivity index (χ2v) is 5.29. The zero-order valence-electron chi connectivity index (χ0n) is 10.5. The molecular weight excluding hydrogens is 304 g/mol. The third-order valence-corrected chi connectivity index (χ3v) is 3.58. The molecule has 1 unspecified atom stereocenters. The number of hydrogen-bond acceptors (Lipinski definition) is 2. The van der Waals surface area contributed by atoms with E-state index < -0.39 is 0 Å². The van der Waals surface area contributed by atoms with Crippen molar-refractivity contribution in [1.29, 1.82) is 0 Å². The summed E-state index contributed by atoms with van der Waals surface area (Å²) in [7, 11) is 0. The lowest BCUT2D eigenvalue weighted by Gasteiger charge is -2.16. The maximum absolute atomic E-state index is 6.02. The van der Waals surface area contributed by atoms with Gasteiger partial charge in [-0.2, -0.15) is 0 Å². The first-order valence-corrected chi connectivity index (χ1v) is 7.53. The van der Waals surface area contributed by atoms with Crippen LogP contribution in [0.25, 0.3) is 0 Å². The van der Waals surface area contributed by atoms with Crippen LogP contribution in [0.1, 0.15) is 17.2 Å². The van der Waals surface area contributed by atoms with Crippen molar-refractivity contribution in [2.75, 3.05) is 11.9 Å². The molecule has 1 heterocycles. The predicted octanol–water partition coefficient (Wildman–Crippen LogP) is 4.49. The molecule has 2 aromatic carbocycles. The van der Waals surface area contributed by atoms with Gasteiger partial charge in [-0.1, -0.05) is 52.3 Å². The van der Waals surface area contributed by atoms with Crippen molar-refractivity contribution in [1.82, 2.24) is 0 Å². The van der Waals surface area contributed by atoms with E-state index in [2.05, 4.69) is 28.1 Å². The second-order valence-electron chi connectivity index (χ2n) is 4.50. The smallest absolute Gasteiger partial charge is 0.133 e. The van der Waals surface area contributed by atoms with Gasteiger partial charge in [-0.05, 0) is 17.7 Å². The van der Waals surface area contributed by atoms with E-state index in [1.165, 1.54) is 5.56 Å². The second kappa shape index (κ2) is 5.76. The molecule has 0 aliphatic carbocycles. The molecule has 1 atom stereocenters. The first-order valence-electron chi connectivity index (χ1n) is 6.41. The summed E-state index contributed by atoms with van der Waals surface area (Å²) in [4.78, 5) is 0. The molecule has 2 aromatic rings. The minimum Gasteiger partial charge on any atom is -0.457 e. The van der Waals surface area contributed by atoms with Crippen LogP contribution in [-0.2, 0) is 11.2 Å². The van der Waals surface area contributed by atoms with Crippen LogP contribution in [0.4, 0.5) is 0 Å². The maximum atomic E-state index is 6.02. The standard InChI is InChI=1S/C16H15BrO2/c17-9-10-18-16-11-12-5-1-3-7-14(12)19-15-8-4-2-6-13(15)16/h1-8,16H,9-11H2. The monoisotopic (exact) mass is 318 g/mol. The summed E-state index contributed by atoms with van der Waals surface area (Å²) in [5.74, 6) is 1.83. The van der Waals surface area contributed by atoms with Gasteiger partial charge in [0, 0.05) is 17.3 Å². The molecule has 19 heavy (non-hydrogen) atoms. The van der Waals surface area contributed by atoms with Gasteiger partial charge in [-0.15, -0.1) is 0 Å². The number of fused-ring (bicyclic) bond motifs is 2. The highest BCUT2D eigenvalue weighted by Gasteiger charge is 2.23. The summed E-state index contributed by atoms with van der Waals surface area (Å²) in [6.07, 6.45) is 0.901. The molecule has 0 saturated carbocycles. The van der Waals surface area contributed by atoms with E-state index in [-0.39, 0.29) is 6.10 Å². The quantitative estimate of drug-likeness (QED) is 0.776. The average Bonchev–Trinajstić information content (AvgIpc) is 2.61. The van der Waals surface area contributed by atoms with Crippen molar-refractivity contribution in [2.45, 2.75) is 12.5 Å². The summed E-state index contributed by atoms with van der Waals surface area (Å²) in [6.45, 7) is 0.696. The molecule has 98 valence electrons. The third-order valence-electron chi connectivity index (χ3n) is 3.26. The molecular formula is C16H15BrO2. The Morgan fingerprint density at radius 2 is 1.79 bits per heavy atom. The van der Waals surface area contributed by atoms with Gasteiger partial charge in [0.25, 0.3) is 0 Å². The zero-order chi connectivity index (χ0) is 13.1. The van der Waals surface area contributed by atoms with Gasteiger partial charge >= 0.3 is 0 Å². The highest BCUT2D eigenvalue weighted by atomic mass is 79.9. The Morgan fingerprint density at radius 1 is 1.05 bits per heavy atom. The Balaban J connectivity index is 2.01. The minimum atomic E-state index is 0.0531. The van der Waals surface area contributed by atoms with Crippen LogP contribution in [-0.4, -0.2) is 11.9 Å². The van der Waals surface area contributed by atoms with Gasteiger partial charge in [-0.3, -0.25) is 0 Å². The highest BCUT2D eigenvalue weighted by Crippen LogP contribution is 2.39. The fourth-order valence-corrected chi connectivity index (χ4v) is 2.56. The first kappa shape index (κ1) is 12.7. The zero-order valence-corrected chi connectivity index (χ0v) is 12.1. The van der Waals surface area contributed by atoms with Gasteiger partial charge in [0.1, 0.15) is 11.5 Å². The molecule has 0 fully saturated rings. The van der Waals surface area contributed by atoms with Crippen LogP contribution in [0.5, 0.6) is 11.5 Å². The van der Waals surface area contributed by atoms with Crippen LogP contribution in [0.2, 0.25) is 0 Å². The van der Waals surface area contributed by atoms with Crippen LogP contribution < -0.4 is 4.74 Å². The van der Waals surface area contributed by atoms with Crippen LogP contribution >= 0.6 is 15.9 Å². The van der Waals surface area contributed by atoms with E-state index in [1.807, 2.05) is 36.4 Å². The van der Waals surface area contributed by atoms with Gasteiger partial charge in [0.05, 0.1) is 12.7 Å². The Morgan fingerprint density at radius 3 is 2.63 bits per heavy atom. The molecule has 0 N–H and O–H groups in total. The highest BCUT2D eigenvalue weighted by molar-refractivity contribution is 9.09. The van der Waals surface area contributed by atoms with Crippen LogP contribution in [0.3, 0.4) is 0 Å². The number of rotatable bonds is 3. The Hall–Kier alpha value is -1.32. The van der Waals surface area contributed by atoms with E-state index in [1.54, 1.807) is 0 Å². The number of ether oxygens (including phenoxy) is 2. The molecule has 0 aromatic heterocycles. The van der Waals surface area contributed by atoms with Crippen molar-refractivity contribution in [3.8, 4) is 11.5 Å². The summed E-state index contributed by atoms with van der Waals surface area (Å²) in [5.41, 5.74) is 2.32. The summed E-state index contributed by atoms with van der Waals surface area (Å²) >= 11 is 3.41. The average molecular weight is 319 g/mol. The fourth-order valence-electron chi connectivity index (χ4n) is 2.38. The molecule has 2 nitrogen and oxygen atoms in total. The Labute approximate surface area is 121 Å². The van der Waals surface area contributed by atoms with E-state index in [0.29, 0.717) is 6.61 Å². The fraction of sp³-hybridized carbons (Fsp3) is 0.250. The maximum Gasteiger partial charge on any atom is 0.133 e. The third kappa shape index (κ3) is 2.67. The summed E-state index contributed by atoms with van der Waals surface area (Å²) in [5, 5.41) is 0.841. The van der Waals surface area contributed by atoms with Gasteiger partial charge < -0.3 is 9.47 Å². The summed E-state index contributed by atoms with van der Waals surface area (Å²) < 4.78 is 12.0. The molecule has 1 aliphatic heterocycles. The van der Waals surface area contributed by atoms with E-state index >= 15 is 0 Å². The molecule has 0 bridgehead atoms. The topological polar surface area (TPSA) is 18.5 Å². The van der Waals surface area contributed by atoms with Crippen molar-refractivity contribution in [3.63, 3.8) is 0 Å². The molecule has 3 rings (SSSR count). The van der Waals surface area contributed by atoms with Crippen molar-refractivity contribution in [3.05, 3.63) is 59.7 Å². The van der Waals surface area contributed by atoms with Crippen LogP contribution in [0, 0.1) is 0 Å². The number of benzene rings is 2. The number of hydrogen-bond donors (Lipinski definition) is 0. The van der Waals surface area contributed by atoms with E-state index in [4.69, 9.17) is 9.47 Å². The van der Waals surface area contributed by atoms with E-state index in [0.717, 1.165) is 28.8 Å². The lowest BCUT2D eigenvalue weighted by molar-refractivity contribution is 0.0655. The predicted molar refractivity (Wildman–Crippen MR) is 79.1 cm³/mol. The SMILES string of the molecule is BrCCOC1Cc2ccccc2Oc2ccccc21. The van der Waals surface area contributed by atoms with Gasteiger partial charge in [-0.25, -0.2) is 0 Å². The lowest BCUT2D eigenvalue weighted by atomic mass is 10.0. The Kier molecular flexibility index (Phi) is 3.85. The van der Waals surface area contributed by atoms with Gasteiger partial charge in [0.15, 0.2) is 0 Å². The molecule has 0 radical (unpaired) electrons. The first-order chi connectivity index (χ1) is 9.38. The van der Waals surface area contributed by atoms with Crippen molar-refractivity contribution < 1.29 is 9.47 Å². The molecule has 0 amide bonds. The Bertz CT molecular complexity index is 568. The molecule has 0 spiro atoms. The molecule has 3 heteroatoms. The van der Waals surface area contributed by atoms with Crippen LogP contribution in [0.15, 0.2) is 48.5 Å². The number of alkyl halides is 1. The lowest BCUT2D eigenvalue weighted by Crippen LogP contribution is -2.08. The normalized spacial score (nSPS) is 17.0. The van der Waals surface area contributed by atoms with Gasteiger partial charge in [0.2, 0.25) is 0 Å². The summed E-state index contributed by atoms with van der Waals surface area (Å²) in [6, 6.07) is 16.3.